The first-order chi connectivity index (χ1) is 7.04. The zero-order valence-corrected chi connectivity index (χ0v) is 8.62. The topological polar surface area (TPSA) is 44.1 Å². The molecule has 0 bridgehead atoms. The Bertz CT molecular complexity index is 423. The van der Waals surface area contributed by atoms with Crippen molar-refractivity contribution in [1.29, 1.82) is 5.26 Å². The number of aryl methyl sites for hydroxylation is 1. The fourth-order valence-electron chi connectivity index (χ4n) is 1.24. The van der Waals surface area contributed by atoms with Gasteiger partial charge in [-0.1, -0.05) is 12.1 Å². The Hall–Kier alpha value is -1.89. The van der Waals surface area contributed by atoms with E-state index in [0.29, 0.717) is 12.1 Å². The van der Waals surface area contributed by atoms with Crippen LogP contribution in [0.3, 0.4) is 0 Å². The molecule has 0 N–H and O–H groups in total. The molecule has 0 atom stereocenters. The average Bonchev–Trinajstić information content (AvgIpc) is 2.22. The van der Waals surface area contributed by atoms with Gasteiger partial charge < -0.3 is 4.90 Å². The quantitative estimate of drug-likeness (QED) is 0.690. The highest BCUT2D eigenvalue weighted by Crippen LogP contribution is 2.10. The molecule has 0 saturated heterocycles. The summed E-state index contributed by atoms with van der Waals surface area (Å²) in [5, 5.41) is 8.38. The Balaban J connectivity index is 2.78. The standard InChI is InChI=1S/C11H11FN2O/c1-8-5-9(3-4-10(8)12)7-14(2)11(15)6-13/h3-5H,7H2,1-2H3. The molecule has 0 radical (unpaired) electrons. The van der Waals surface area contributed by atoms with Crippen molar-refractivity contribution in [3.63, 3.8) is 0 Å². The summed E-state index contributed by atoms with van der Waals surface area (Å²) in [4.78, 5) is 12.2. The van der Waals surface area contributed by atoms with Gasteiger partial charge in [-0.15, -0.1) is 0 Å². The summed E-state index contributed by atoms with van der Waals surface area (Å²) in [6.45, 7) is 1.97. The predicted octanol–water partition coefficient (Wildman–Crippen LogP) is 1.62. The van der Waals surface area contributed by atoms with Crippen LogP contribution in [0.1, 0.15) is 11.1 Å². The van der Waals surface area contributed by atoms with Crippen LogP contribution >= 0.6 is 0 Å². The number of nitrogens with zero attached hydrogens (tertiary/aromatic N) is 2. The summed E-state index contributed by atoms with van der Waals surface area (Å²) in [5.74, 6) is -0.870. The SMILES string of the molecule is Cc1cc(CN(C)C(=O)C#N)ccc1F. The summed E-state index contributed by atoms with van der Waals surface area (Å²) in [7, 11) is 1.53. The van der Waals surface area contributed by atoms with Crippen LogP contribution in [0.15, 0.2) is 18.2 Å². The average molecular weight is 206 g/mol. The zero-order valence-electron chi connectivity index (χ0n) is 8.62. The van der Waals surface area contributed by atoms with Crippen LogP contribution < -0.4 is 0 Å². The lowest BCUT2D eigenvalue weighted by atomic mass is 10.1. The second-order valence-corrected chi connectivity index (χ2v) is 3.36. The minimum Gasteiger partial charge on any atom is -0.329 e. The van der Waals surface area contributed by atoms with Crippen LogP contribution in [-0.4, -0.2) is 17.9 Å². The number of hydrogen-bond acceptors (Lipinski definition) is 2. The number of nitriles is 1. The Morgan fingerprint density at radius 1 is 1.60 bits per heavy atom. The number of rotatable bonds is 2. The molecule has 0 fully saturated rings. The number of carbonyl (C=O) groups excluding carboxylic acids is 1. The fraction of sp³-hybridized carbons (Fsp3) is 0.273. The van der Waals surface area contributed by atoms with E-state index in [9.17, 15) is 9.18 Å². The molecule has 0 spiro atoms. The Labute approximate surface area is 87.7 Å². The van der Waals surface area contributed by atoms with Gasteiger partial charge in [-0.25, -0.2) is 4.39 Å². The van der Waals surface area contributed by atoms with E-state index in [0.717, 1.165) is 5.56 Å². The molecule has 0 aliphatic carbocycles. The normalized spacial score (nSPS) is 9.47. The molecular formula is C11H11FN2O. The Morgan fingerprint density at radius 3 is 2.80 bits per heavy atom. The molecule has 78 valence electrons. The number of amides is 1. The molecule has 0 unspecified atom stereocenters. The van der Waals surface area contributed by atoms with E-state index in [4.69, 9.17) is 5.26 Å². The van der Waals surface area contributed by atoms with Crippen LogP contribution in [0.4, 0.5) is 4.39 Å². The molecule has 1 rings (SSSR count). The fourth-order valence-corrected chi connectivity index (χ4v) is 1.24. The Kier molecular flexibility index (Phi) is 3.40. The first-order valence-corrected chi connectivity index (χ1v) is 4.45. The van der Waals surface area contributed by atoms with Gasteiger partial charge in [0.1, 0.15) is 5.82 Å². The third-order valence-electron chi connectivity index (χ3n) is 2.08. The van der Waals surface area contributed by atoms with Gasteiger partial charge >= 0.3 is 5.91 Å². The predicted molar refractivity (Wildman–Crippen MR) is 53.2 cm³/mol. The highest BCUT2D eigenvalue weighted by Gasteiger charge is 2.08. The van der Waals surface area contributed by atoms with E-state index in [-0.39, 0.29) is 5.82 Å². The molecule has 1 aromatic rings. The molecule has 0 aliphatic rings. The van der Waals surface area contributed by atoms with E-state index < -0.39 is 5.91 Å². The van der Waals surface area contributed by atoms with Gasteiger partial charge in [0.05, 0.1) is 0 Å². The van der Waals surface area contributed by atoms with Crippen LogP contribution in [0.2, 0.25) is 0 Å². The van der Waals surface area contributed by atoms with Gasteiger partial charge in [-0.3, -0.25) is 4.79 Å². The third-order valence-corrected chi connectivity index (χ3v) is 2.08. The summed E-state index contributed by atoms with van der Waals surface area (Å²) < 4.78 is 12.9. The molecule has 0 heterocycles. The van der Waals surface area contributed by atoms with Crippen molar-refractivity contribution in [2.24, 2.45) is 0 Å². The summed E-state index contributed by atoms with van der Waals surface area (Å²) in [6.07, 6.45) is 0. The second kappa shape index (κ2) is 4.56. The van der Waals surface area contributed by atoms with E-state index in [1.807, 2.05) is 0 Å². The van der Waals surface area contributed by atoms with Crippen molar-refractivity contribution in [1.82, 2.24) is 4.90 Å². The van der Waals surface area contributed by atoms with Crippen LogP contribution in [-0.2, 0) is 11.3 Å². The molecule has 1 aromatic carbocycles. The molecular weight excluding hydrogens is 195 g/mol. The van der Waals surface area contributed by atoms with Crippen molar-refractivity contribution in [2.75, 3.05) is 7.05 Å². The number of benzene rings is 1. The van der Waals surface area contributed by atoms with E-state index in [1.54, 1.807) is 19.1 Å². The van der Waals surface area contributed by atoms with Crippen molar-refractivity contribution in [3.8, 4) is 6.07 Å². The minimum absolute atomic E-state index is 0.270. The first-order valence-electron chi connectivity index (χ1n) is 4.45. The maximum Gasteiger partial charge on any atom is 0.325 e. The van der Waals surface area contributed by atoms with Crippen LogP contribution in [0.25, 0.3) is 0 Å². The molecule has 0 saturated carbocycles. The lowest BCUT2D eigenvalue weighted by Crippen LogP contribution is -2.24. The van der Waals surface area contributed by atoms with Crippen molar-refractivity contribution >= 4 is 5.91 Å². The van der Waals surface area contributed by atoms with E-state index in [1.165, 1.54) is 24.1 Å². The van der Waals surface area contributed by atoms with Gasteiger partial charge in [-0.05, 0) is 24.1 Å². The van der Waals surface area contributed by atoms with Crippen LogP contribution in [0.5, 0.6) is 0 Å². The van der Waals surface area contributed by atoms with Gasteiger partial charge in [0.25, 0.3) is 0 Å². The van der Waals surface area contributed by atoms with Crippen LogP contribution in [0, 0.1) is 24.1 Å². The van der Waals surface area contributed by atoms with Gasteiger partial charge in [0, 0.05) is 13.6 Å². The highest BCUT2D eigenvalue weighted by molar-refractivity contribution is 5.90. The van der Waals surface area contributed by atoms with Gasteiger partial charge in [0.15, 0.2) is 6.07 Å². The van der Waals surface area contributed by atoms with Crippen molar-refractivity contribution in [2.45, 2.75) is 13.5 Å². The molecule has 0 aromatic heterocycles. The largest absolute Gasteiger partial charge is 0.329 e. The lowest BCUT2D eigenvalue weighted by molar-refractivity contribution is -0.124. The molecule has 1 amide bonds. The summed E-state index contributed by atoms with van der Waals surface area (Å²) in [6, 6.07) is 6.14. The first kappa shape index (κ1) is 11.2. The highest BCUT2D eigenvalue weighted by atomic mass is 19.1. The Morgan fingerprint density at radius 2 is 2.27 bits per heavy atom. The number of halogens is 1. The third kappa shape index (κ3) is 2.78. The van der Waals surface area contributed by atoms with Gasteiger partial charge in [0.2, 0.25) is 0 Å². The maximum atomic E-state index is 12.9. The van der Waals surface area contributed by atoms with E-state index >= 15 is 0 Å². The lowest BCUT2D eigenvalue weighted by Gasteiger charge is -2.13. The van der Waals surface area contributed by atoms with Gasteiger partial charge in [-0.2, -0.15) is 5.26 Å². The van der Waals surface area contributed by atoms with Crippen molar-refractivity contribution in [3.05, 3.63) is 35.1 Å². The number of hydrogen-bond donors (Lipinski definition) is 0. The summed E-state index contributed by atoms with van der Waals surface area (Å²) in [5.41, 5.74) is 1.34. The summed E-state index contributed by atoms with van der Waals surface area (Å²) >= 11 is 0. The molecule has 0 aliphatic heterocycles. The second-order valence-electron chi connectivity index (χ2n) is 3.36. The molecule has 4 heteroatoms. The smallest absolute Gasteiger partial charge is 0.325 e. The van der Waals surface area contributed by atoms with Crippen molar-refractivity contribution < 1.29 is 9.18 Å². The van der Waals surface area contributed by atoms with E-state index in [2.05, 4.69) is 0 Å². The zero-order chi connectivity index (χ0) is 11.4. The monoisotopic (exact) mass is 206 g/mol. The molecule has 15 heavy (non-hydrogen) atoms. The minimum atomic E-state index is -0.600. The molecule has 3 nitrogen and oxygen atoms in total. The maximum absolute atomic E-state index is 12.9. The number of carbonyl (C=O) groups is 1.